The maximum Gasteiger partial charge on any atom is 0.252 e. The van der Waals surface area contributed by atoms with E-state index in [1.165, 1.54) is 12.1 Å². The SMILES string of the molecule is CN=C(NCCNC(=O)c1ccccc1Cl)NCCc1ccc(F)cc1. The first kappa shape index (κ1) is 19.7. The second-order valence-electron chi connectivity index (χ2n) is 5.54. The molecule has 0 saturated carbocycles. The van der Waals surface area contributed by atoms with E-state index >= 15 is 0 Å². The molecule has 5 nitrogen and oxygen atoms in total. The molecule has 7 heteroatoms. The van der Waals surface area contributed by atoms with Gasteiger partial charge in [0.1, 0.15) is 5.82 Å². The summed E-state index contributed by atoms with van der Waals surface area (Å²) in [5.74, 6) is 0.189. The highest BCUT2D eigenvalue weighted by Crippen LogP contribution is 2.14. The Bertz CT molecular complexity index is 749. The van der Waals surface area contributed by atoms with E-state index in [1.807, 2.05) is 0 Å². The summed E-state index contributed by atoms with van der Waals surface area (Å²) in [5, 5.41) is 9.52. The first-order chi connectivity index (χ1) is 12.6. The lowest BCUT2D eigenvalue weighted by Gasteiger charge is -2.12. The lowest BCUT2D eigenvalue weighted by atomic mass is 10.1. The summed E-state index contributed by atoms with van der Waals surface area (Å²) in [6.07, 6.45) is 0.754. The van der Waals surface area contributed by atoms with E-state index in [1.54, 1.807) is 43.4 Å². The minimum Gasteiger partial charge on any atom is -0.356 e. The highest BCUT2D eigenvalue weighted by Gasteiger charge is 2.08. The van der Waals surface area contributed by atoms with Crippen LogP contribution in [0.1, 0.15) is 15.9 Å². The van der Waals surface area contributed by atoms with Crippen molar-refractivity contribution in [3.05, 3.63) is 70.5 Å². The topological polar surface area (TPSA) is 65.5 Å². The average molecular weight is 377 g/mol. The summed E-state index contributed by atoms with van der Waals surface area (Å²) in [6, 6.07) is 13.3. The maximum absolute atomic E-state index is 12.9. The molecule has 0 fully saturated rings. The number of carbonyl (C=O) groups is 1. The van der Waals surface area contributed by atoms with Gasteiger partial charge in [0.25, 0.3) is 5.91 Å². The lowest BCUT2D eigenvalue weighted by Crippen LogP contribution is -2.42. The van der Waals surface area contributed by atoms with Gasteiger partial charge in [-0.1, -0.05) is 35.9 Å². The molecule has 1 amide bonds. The Morgan fingerprint density at radius 2 is 1.65 bits per heavy atom. The Morgan fingerprint density at radius 1 is 1.00 bits per heavy atom. The largest absolute Gasteiger partial charge is 0.356 e. The van der Waals surface area contributed by atoms with Crippen LogP contribution in [0, 0.1) is 5.82 Å². The molecule has 0 aliphatic rings. The molecular formula is C19H22ClFN4O. The van der Waals surface area contributed by atoms with E-state index in [9.17, 15) is 9.18 Å². The zero-order chi connectivity index (χ0) is 18.8. The summed E-state index contributed by atoms with van der Waals surface area (Å²) in [7, 11) is 1.68. The summed E-state index contributed by atoms with van der Waals surface area (Å²) >= 11 is 5.99. The molecule has 2 aromatic carbocycles. The molecule has 0 unspecified atom stereocenters. The predicted octanol–water partition coefficient (Wildman–Crippen LogP) is 2.62. The van der Waals surface area contributed by atoms with E-state index < -0.39 is 0 Å². The van der Waals surface area contributed by atoms with Crippen molar-refractivity contribution in [2.45, 2.75) is 6.42 Å². The first-order valence-electron chi connectivity index (χ1n) is 8.32. The highest BCUT2D eigenvalue weighted by molar-refractivity contribution is 6.33. The smallest absolute Gasteiger partial charge is 0.252 e. The van der Waals surface area contributed by atoms with Crippen LogP contribution in [-0.4, -0.2) is 38.5 Å². The normalized spacial score (nSPS) is 11.1. The molecule has 0 aliphatic heterocycles. The van der Waals surface area contributed by atoms with Crippen LogP contribution in [0.25, 0.3) is 0 Å². The number of carbonyl (C=O) groups excluding carboxylic acids is 1. The third kappa shape index (κ3) is 6.37. The fourth-order valence-corrected chi connectivity index (χ4v) is 2.52. The van der Waals surface area contributed by atoms with E-state index in [0.29, 0.717) is 36.2 Å². The van der Waals surface area contributed by atoms with Crippen molar-refractivity contribution in [3.8, 4) is 0 Å². The van der Waals surface area contributed by atoms with E-state index in [2.05, 4.69) is 20.9 Å². The number of guanidine groups is 1. The number of halogens is 2. The molecule has 0 saturated heterocycles. The molecule has 3 N–H and O–H groups in total. The van der Waals surface area contributed by atoms with Gasteiger partial charge in [-0.05, 0) is 36.2 Å². The van der Waals surface area contributed by atoms with Crippen LogP contribution >= 0.6 is 11.6 Å². The van der Waals surface area contributed by atoms with Gasteiger partial charge in [-0.25, -0.2) is 4.39 Å². The van der Waals surface area contributed by atoms with Gasteiger partial charge in [-0.3, -0.25) is 9.79 Å². The Hall–Kier alpha value is -2.60. The average Bonchev–Trinajstić information content (AvgIpc) is 2.65. The number of benzene rings is 2. The molecular weight excluding hydrogens is 355 g/mol. The molecule has 0 bridgehead atoms. The Morgan fingerprint density at radius 3 is 2.35 bits per heavy atom. The summed E-state index contributed by atoms with van der Waals surface area (Å²) in [6.45, 7) is 1.62. The number of rotatable bonds is 7. The molecule has 0 aromatic heterocycles. The van der Waals surface area contributed by atoms with Crippen molar-refractivity contribution >= 4 is 23.5 Å². The fraction of sp³-hybridized carbons (Fsp3) is 0.263. The number of nitrogens with one attached hydrogen (secondary N) is 3. The maximum atomic E-state index is 12.9. The van der Waals surface area contributed by atoms with Crippen molar-refractivity contribution in [1.82, 2.24) is 16.0 Å². The van der Waals surface area contributed by atoms with Gasteiger partial charge in [0.15, 0.2) is 5.96 Å². The summed E-state index contributed by atoms with van der Waals surface area (Å²) in [5.41, 5.74) is 1.50. The molecule has 2 aromatic rings. The second kappa shape index (κ2) is 10.4. The Labute approximate surface area is 157 Å². The number of aliphatic imine (C=N–C) groups is 1. The third-order valence-corrected chi connectivity index (χ3v) is 3.99. The van der Waals surface area contributed by atoms with Gasteiger partial charge in [-0.15, -0.1) is 0 Å². The monoisotopic (exact) mass is 376 g/mol. The van der Waals surface area contributed by atoms with Gasteiger partial charge < -0.3 is 16.0 Å². The van der Waals surface area contributed by atoms with Crippen LogP contribution in [-0.2, 0) is 6.42 Å². The predicted molar refractivity (Wildman–Crippen MR) is 103 cm³/mol. The van der Waals surface area contributed by atoms with Crippen LogP contribution in [0.4, 0.5) is 4.39 Å². The summed E-state index contributed by atoms with van der Waals surface area (Å²) in [4.78, 5) is 16.2. The molecule has 0 heterocycles. The van der Waals surface area contributed by atoms with E-state index in [-0.39, 0.29) is 11.7 Å². The van der Waals surface area contributed by atoms with Crippen molar-refractivity contribution in [3.63, 3.8) is 0 Å². The van der Waals surface area contributed by atoms with Gasteiger partial charge in [0, 0.05) is 26.7 Å². The summed E-state index contributed by atoms with van der Waals surface area (Å²) < 4.78 is 12.9. The second-order valence-corrected chi connectivity index (χ2v) is 5.95. The first-order valence-corrected chi connectivity index (χ1v) is 8.69. The van der Waals surface area contributed by atoms with Gasteiger partial charge >= 0.3 is 0 Å². The molecule has 0 atom stereocenters. The molecule has 0 radical (unpaired) electrons. The Balaban J connectivity index is 1.66. The van der Waals surface area contributed by atoms with Crippen LogP contribution < -0.4 is 16.0 Å². The van der Waals surface area contributed by atoms with Crippen molar-refractivity contribution in [1.29, 1.82) is 0 Å². The quantitative estimate of drug-likeness (QED) is 0.395. The molecule has 0 spiro atoms. The molecule has 0 aliphatic carbocycles. The molecule has 26 heavy (non-hydrogen) atoms. The number of nitrogens with zero attached hydrogens (tertiary/aromatic N) is 1. The highest BCUT2D eigenvalue weighted by atomic mass is 35.5. The van der Waals surface area contributed by atoms with Gasteiger partial charge in [-0.2, -0.15) is 0 Å². The van der Waals surface area contributed by atoms with Crippen LogP contribution in [0.5, 0.6) is 0 Å². The van der Waals surface area contributed by atoms with E-state index in [0.717, 1.165) is 12.0 Å². The van der Waals surface area contributed by atoms with E-state index in [4.69, 9.17) is 11.6 Å². The number of hydrogen-bond acceptors (Lipinski definition) is 2. The van der Waals surface area contributed by atoms with Crippen LogP contribution in [0.15, 0.2) is 53.5 Å². The van der Waals surface area contributed by atoms with Gasteiger partial charge in [0.05, 0.1) is 10.6 Å². The fourth-order valence-electron chi connectivity index (χ4n) is 2.29. The minimum absolute atomic E-state index is 0.211. The lowest BCUT2D eigenvalue weighted by molar-refractivity contribution is 0.0954. The van der Waals surface area contributed by atoms with Crippen LogP contribution in [0.2, 0.25) is 5.02 Å². The zero-order valence-corrected chi connectivity index (χ0v) is 15.3. The third-order valence-electron chi connectivity index (χ3n) is 3.66. The standard InChI is InChI=1S/C19H22ClFN4O/c1-22-19(24-11-10-14-6-8-15(21)9-7-14)25-13-12-23-18(26)16-4-2-3-5-17(16)20/h2-9H,10-13H2,1H3,(H,23,26)(H2,22,24,25). The van der Waals surface area contributed by atoms with Crippen LogP contribution in [0.3, 0.4) is 0 Å². The zero-order valence-electron chi connectivity index (χ0n) is 14.6. The minimum atomic E-state index is -0.238. The Kier molecular flexibility index (Phi) is 7.89. The van der Waals surface area contributed by atoms with Crippen molar-refractivity contribution < 1.29 is 9.18 Å². The molecule has 2 rings (SSSR count). The van der Waals surface area contributed by atoms with Gasteiger partial charge in [0.2, 0.25) is 0 Å². The van der Waals surface area contributed by atoms with Crippen molar-refractivity contribution in [2.24, 2.45) is 4.99 Å². The number of hydrogen-bond donors (Lipinski definition) is 3. The number of amides is 1. The molecule has 138 valence electrons. The van der Waals surface area contributed by atoms with Crippen molar-refractivity contribution in [2.75, 3.05) is 26.7 Å².